The summed E-state index contributed by atoms with van der Waals surface area (Å²) in [6, 6.07) is 8.77. The Hall–Kier alpha value is -3.07. The zero-order valence-corrected chi connectivity index (χ0v) is 16.8. The number of nitrogens with one attached hydrogen (secondary N) is 1. The van der Waals surface area contributed by atoms with Gasteiger partial charge in [0.2, 0.25) is 11.8 Å². The van der Waals surface area contributed by atoms with E-state index in [0.717, 1.165) is 14.8 Å². The molecule has 1 aliphatic heterocycles. The molecule has 1 aromatic carbocycles. The Morgan fingerprint density at radius 2 is 1.69 bits per heavy atom. The SMILES string of the molecule is Cn1c(=O)ccn(CC(=O)NCC(=O)N2CCN(c3ccc(Cl)cc3)CC2)c1=O. The molecule has 1 saturated heterocycles. The molecule has 154 valence electrons. The average Bonchev–Trinajstić information content (AvgIpc) is 2.73. The van der Waals surface area contributed by atoms with Crippen molar-refractivity contribution in [3.05, 3.63) is 62.4 Å². The fraction of sp³-hybridized carbons (Fsp3) is 0.368. The Morgan fingerprint density at radius 1 is 1.03 bits per heavy atom. The van der Waals surface area contributed by atoms with Gasteiger partial charge in [0.15, 0.2) is 0 Å². The van der Waals surface area contributed by atoms with E-state index < -0.39 is 17.2 Å². The highest BCUT2D eigenvalue weighted by Crippen LogP contribution is 2.19. The van der Waals surface area contributed by atoms with Crippen molar-refractivity contribution in [2.75, 3.05) is 37.6 Å². The van der Waals surface area contributed by atoms with Crippen molar-refractivity contribution in [3.8, 4) is 0 Å². The minimum atomic E-state index is -0.586. The van der Waals surface area contributed by atoms with Gasteiger partial charge < -0.3 is 15.1 Å². The number of nitrogens with zero attached hydrogens (tertiary/aromatic N) is 4. The Morgan fingerprint density at radius 3 is 2.34 bits per heavy atom. The molecule has 0 radical (unpaired) electrons. The van der Waals surface area contributed by atoms with Crippen LogP contribution in [0.15, 0.2) is 46.1 Å². The van der Waals surface area contributed by atoms with Crippen LogP contribution in [0.4, 0.5) is 5.69 Å². The molecule has 0 unspecified atom stereocenters. The molecule has 29 heavy (non-hydrogen) atoms. The van der Waals surface area contributed by atoms with Gasteiger partial charge in [-0.25, -0.2) is 4.79 Å². The predicted octanol–water partition coefficient (Wildman–Crippen LogP) is -0.335. The van der Waals surface area contributed by atoms with E-state index in [1.165, 1.54) is 19.3 Å². The molecule has 1 aliphatic rings. The number of benzene rings is 1. The summed E-state index contributed by atoms with van der Waals surface area (Å²) in [5.74, 6) is -0.652. The van der Waals surface area contributed by atoms with Crippen molar-refractivity contribution in [1.82, 2.24) is 19.4 Å². The van der Waals surface area contributed by atoms with Crippen LogP contribution in [0.2, 0.25) is 5.02 Å². The van der Waals surface area contributed by atoms with Gasteiger partial charge in [-0.05, 0) is 24.3 Å². The topological polar surface area (TPSA) is 96.6 Å². The highest BCUT2D eigenvalue weighted by Gasteiger charge is 2.21. The first-order chi connectivity index (χ1) is 13.8. The molecule has 1 N–H and O–H groups in total. The largest absolute Gasteiger partial charge is 0.368 e. The van der Waals surface area contributed by atoms with Gasteiger partial charge in [0.05, 0.1) is 6.54 Å². The number of hydrogen-bond donors (Lipinski definition) is 1. The van der Waals surface area contributed by atoms with E-state index in [0.29, 0.717) is 31.2 Å². The minimum Gasteiger partial charge on any atom is -0.368 e. The first-order valence-corrected chi connectivity index (χ1v) is 9.54. The minimum absolute atomic E-state index is 0.139. The molecule has 3 rings (SSSR count). The summed E-state index contributed by atoms with van der Waals surface area (Å²) in [6.07, 6.45) is 1.27. The molecular formula is C19H22ClN5O4. The molecule has 2 amide bonds. The lowest BCUT2D eigenvalue weighted by atomic mass is 10.2. The molecule has 0 saturated carbocycles. The zero-order valence-electron chi connectivity index (χ0n) is 16.0. The third kappa shape index (κ3) is 5.05. The number of amides is 2. The molecule has 0 bridgehead atoms. The maximum atomic E-state index is 12.4. The van der Waals surface area contributed by atoms with E-state index in [1.807, 2.05) is 24.3 Å². The van der Waals surface area contributed by atoms with Gasteiger partial charge >= 0.3 is 5.69 Å². The Labute approximate surface area is 172 Å². The normalized spacial score (nSPS) is 14.0. The van der Waals surface area contributed by atoms with Crippen LogP contribution in [0.3, 0.4) is 0 Å². The molecule has 9 nitrogen and oxygen atoms in total. The van der Waals surface area contributed by atoms with Crippen molar-refractivity contribution < 1.29 is 9.59 Å². The van der Waals surface area contributed by atoms with Crippen LogP contribution < -0.4 is 21.5 Å². The molecule has 0 spiro atoms. The van der Waals surface area contributed by atoms with Gasteiger partial charge in [-0.1, -0.05) is 11.6 Å². The van der Waals surface area contributed by atoms with Crippen LogP contribution >= 0.6 is 11.6 Å². The summed E-state index contributed by atoms with van der Waals surface area (Å²) < 4.78 is 2.03. The fourth-order valence-corrected chi connectivity index (χ4v) is 3.23. The number of aromatic nitrogens is 2. The molecule has 1 fully saturated rings. The summed E-state index contributed by atoms with van der Waals surface area (Å²) >= 11 is 5.91. The van der Waals surface area contributed by atoms with E-state index in [-0.39, 0.29) is 19.0 Å². The number of hydrogen-bond acceptors (Lipinski definition) is 5. The zero-order chi connectivity index (χ0) is 21.0. The average molecular weight is 420 g/mol. The summed E-state index contributed by atoms with van der Waals surface area (Å²) in [4.78, 5) is 51.6. The maximum Gasteiger partial charge on any atom is 0.331 e. The third-order valence-corrected chi connectivity index (χ3v) is 5.09. The van der Waals surface area contributed by atoms with Gasteiger partial charge in [0, 0.05) is 56.2 Å². The predicted molar refractivity (Wildman–Crippen MR) is 109 cm³/mol. The maximum absolute atomic E-state index is 12.4. The Bertz CT molecular complexity index is 1010. The first kappa shape index (κ1) is 20.7. The van der Waals surface area contributed by atoms with E-state index in [1.54, 1.807) is 4.90 Å². The summed E-state index contributed by atoms with van der Waals surface area (Å²) in [5, 5.41) is 3.21. The lowest BCUT2D eigenvalue weighted by molar-refractivity contribution is -0.133. The standard InChI is InChI=1S/C19H22ClN5O4/c1-22-17(27)6-7-25(19(22)29)13-16(26)21-12-18(28)24-10-8-23(9-11-24)15-4-2-14(20)3-5-15/h2-7H,8-13H2,1H3,(H,21,26). The van der Waals surface area contributed by atoms with Gasteiger partial charge in [-0.3, -0.25) is 23.5 Å². The third-order valence-electron chi connectivity index (χ3n) is 4.84. The molecule has 0 aliphatic carbocycles. The lowest BCUT2D eigenvalue weighted by Gasteiger charge is -2.36. The van der Waals surface area contributed by atoms with Crippen LogP contribution in [-0.4, -0.2) is 58.6 Å². The summed E-state index contributed by atoms with van der Waals surface area (Å²) in [7, 11) is 1.34. The second-order valence-electron chi connectivity index (χ2n) is 6.74. The molecule has 2 aromatic rings. The number of rotatable bonds is 5. The number of halogens is 1. The van der Waals surface area contributed by atoms with Gasteiger partial charge in [0.25, 0.3) is 5.56 Å². The van der Waals surface area contributed by atoms with Gasteiger partial charge in [-0.2, -0.15) is 0 Å². The highest BCUT2D eigenvalue weighted by molar-refractivity contribution is 6.30. The highest BCUT2D eigenvalue weighted by atomic mass is 35.5. The number of piperazine rings is 1. The fourth-order valence-electron chi connectivity index (χ4n) is 3.10. The van der Waals surface area contributed by atoms with Crippen molar-refractivity contribution in [3.63, 3.8) is 0 Å². The van der Waals surface area contributed by atoms with E-state index in [9.17, 15) is 19.2 Å². The number of carbonyl (C=O) groups excluding carboxylic acids is 2. The van der Waals surface area contributed by atoms with Crippen LogP contribution in [0.1, 0.15) is 0 Å². The molecule has 2 heterocycles. The van der Waals surface area contributed by atoms with Crippen molar-refractivity contribution in [2.45, 2.75) is 6.54 Å². The van der Waals surface area contributed by atoms with Crippen molar-refractivity contribution in [1.29, 1.82) is 0 Å². The molecule has 0 atom stereocenters. The van der Waals surface area contributed by atoms with Crippen LogP contribution in [0.5, 0.6) is 0 Å². The van der Waals surface area contributed by atoms with Crippen LogP contribution in [0.25, 0.3) is 0 Å². The quantitative estimate of drug-likeness (QED) is 0.715. The summed E-state index contributed by atoms with van der Waals surface area (Å²) in [5.41, 5.74) is 0.0226. The number of anilines is 1. The summed E-state index contributed by atoms with van der Waals surface area (Å²) in [6.45, 7) is 2.09. The van der Waals surface area contributed by atoms with Crippen molar-refractivity contribution in [2.24, 2.45) is 7.05 Å². The monoisotopic (exact) mass is 419 g/mol. The number of carbonyl (C=O) groups is 2. The molecular weight excluding hydrogens is 398 g/mol. The Balaban J connectivity index is 1.47. The molecule has 10 heteroatoms. The van der Waals surface area contributed by atoms with Crippen molar-refractivity contribution >= 4 is 29.1 Å². The first-order valence-electron chi connectivity index (χ1n) is 9.16. The Kier molecular flexibility index (Phi) is 6.38. The second-order valence-corrected chi connectivity index (χ2v) is 7.18. The molecule has 1 aromatic heterocycles. The lowest BCUT2D eigenvalue weighted by Crippen LogP contribution is -2.51. The van der Waals surface area contributed by atoms with Crippen LogP contribution in [-0.2, 0) is 23.2 Å². The smallest absolute Gasteiger partial charge is 0.331 e. The second kappa shape index (κ2) is 8.95. The van der Waals surface area contributed by atoms with E-state index >= 15 is 0 Å². The van der Waals surface area contributed by atoms with Gasteiger partial charge in [-0.15, -0.1) is 0 Å². The van der Waals surface area contributed by atoms with E-state index in [4.69, 9.17) is 11.6 Å². The van der Waals surface area contributed by atoms with Crippen LogP contribution in [0, 0.1) is 0 Å². The van der Waals surface area contributed by atoms with E-state index in [2.05, 4.69) is 10.2 Å². The van der Waals surface area contributed by atoms with Gasteiger partial charge in [0.1, 0.15) is 6.54 Å².